The molecule has 0 saturated heterocycles. The Morgan fingerprint density at radius 1 is 1.31 bits per heavy atom. The summed E-state index contributed by atoms with van der Waals surface area (Å²) in [5.74, 6) is 0.695. The van der Waals surface area contributed by atoms with Crippen LogP contribution in [0, 0.1) is 0 Å². The molecule has 0 unspecified atom stereocenters. The normalized spacial score (nSPS) is 10.6. The van der Waals surface area contributed by atoms with E-state index in [9.17, 15) is 0 Å². The van der Waals surface area contributed by atoms with Gasteiger partial charge in [0.2, 0.25) is 5.88 Å². The van der Waals surface area contributed by atoms with Crippen LogP contribution in [0.5, 0.6) is 5.88 Å². The predicted octanol–water partition coefficient (Wildman–Crippen LogP) is 2.13. The van der Waals surface area contributed by atoms with Crippen molar-refractivity contribution in [1.29, 1.82) is 0 Å². The summed E-state index contributed by atoms with van der Waals surface area (Å²) in [5.41, 5.74) is 6.49. The van der Waals surface area contributed by atoms with Crippen molar-refractivity contribution in [1.82, 2.24) is 4.98 Å². The maximum absolute atomic E-state index is 5.57. The summed E-state index contributed by atoms with van der Waals surface area (Å²) in [4.78, 5) is 4.48. The number of hydrogen-bond acceptors (Lipinski definition) is 3. The maximum Gasteiger partial charge on any atom is 0.221 e. The predicted molar refractivity (Wildman–Crippen MR) is 65.7 cm³/mol. The third kappa shape index (κ3) is 2.14. The van der Waals surface area contributed by atoms with Gasteiger partial charge in [0.1, 0.15) is 6.61 Å². The fourth-order valence-electron chi connectivity index (χ4n) is 1.67. The topological polar surface area (TPSA) is 48.1 Å². The van der Waals surface area contributed by atoms with Gasteiger partial charge in [-0.05, 0) is 23.9 Å². The highest BCUT2D eigenvalue weighted by Gasteiger charge is 2.05. The molecule has 3 nitrogen and oxygen atoms in total. The summed E-state index contributed by atoms with van der Waals surface area (Å²) in [6.45, 7) is 3.10. The molecule has 2 aromatic rings. The molecule has 0 aliphatic carbocycles. The first-order valence-corrected chi connectivity index (χ1v) is 5.56. The number of nitrogens with zero attached hydrogens (tertiary/aromatic N) is 1. The molecule has 0 aliphatic heterocycles. The van der Waals surface area contributed by atoms with Gasteiger partial charge in [0.15, 0.2) is 0 Å². The van der Waals surface area contributed by atoms with Gasteiger partial charge in [0, 0.05) is 17.6 Å². The molecular weight excluding hydrogens is 200 g/mol. The third-order valence-corrected chi connectivity index (χ3v) is 2.48. The van der Waals surface area contributed by atoms with Crippen molar-refractivity contribution >= 4 is 10.8 Å². The summed E-state index contributed by atoms with van der Waals surface area (Å²) in [5, 5.41) is 2.22. The highest BCUT2D eigenvalue weighted by atomic mass is 16.5. The van der Waals surface area contributed by atoms with E-state index in [4.69, 9.17) is 10.5 Å². The average molecular weight is 216 g/mol. The Hall–Kier alpha value is -1.61. The van der Waals surface area contributed by atoms with Crippen molar-refractivity contribution in [2.75, 3.05) is 13.2 Å². The molecule has 0 bridgehead atoms. The summed E-state index contributed by atoms with van der Waals surface area (Å²) in [7, 11) is 0. The van der Waals surface area contributed by atoms with E-state index in [1.54, 1.807) is 0 Å². The van der Waals surface area contributed by atoms with Crippen LogP contribution in [0.2, 0.25) is 0 Å². The highest BCUT2D eigenvalue weighted by molar-refractivity contribution is 5.87. The van der Waals surface area contributed by atoms with E-state index in [1.807, 2.05) is 18.2 Å². The minimum Gasteiger partial charge on any atom is -0.476 e. The first-order chi connectivity index (χ1) is 7.85. The molecule has 84 valence electrons. The van der Waals surface area contributed by atoms with Crippen molar-refractivity contribution in [2.45, 2.75) is 13.3 Å². The molecule has 3 heteroatoms. The molecule has 0 aliphatic rings. The first kappa shape index (κ1) is 10.9. The van der Waals surface area contributed by atoms with E-state index in [0.29, 0.717) is 19.0 Å². The second-order valence-electron chi connectivity index (χ2n) is 3.63. The zero-order valence-electron chi connectivity index (χ0n) is 9.44. The van der Waals surface area contributed by atoms with Gasteiger partial charge in [-0.25, -0.2) is 4.98 Å². The molecule has 1 heterocycles. The van der Waals surface area contributed by atoms with Crippen LogP contribution in [0.1, 0.15) is 12.6 Å². The Kier molecular flexibility index (Phi) is 3.37. The van der Waals surface area contributed by atoms with Gasteiger partial charge in [0.25, 0.3) is 0 Å². The molecule has 2 rings (SSSR count). The number of benzene rings is 1. The van der Waals surface area contributed by atoms with E-state index < -0.39 is 0 Å². The zero-order valence-corrected chi connectivity index (χ0v) is 9.44. The van der Waals surface area contributed by atoms with Crippen LogP contribution in [0.25, 0.3) is 10.8 Å². The fraction of sp³-hybridized carbons (Fsp3) is 0.308. The van der Waals surface area contributed by atoms with Crippen molar-refractivity contribution in [3.8, 4) is 5.88 Å². The van der Waals surface area contributed by atoms with Crippen LogP contribution in [0.4, 0.5) is 0 Å². The van der Waals surface area contributed by atoms with Crippen LogP contribution in [0.15, 0.2) is 30.3 Å². The molecule has 2 N–H and O–H groups in total. The number of fused-ring (bicyclic) bond motifs is 1. The lowest BCUT2D eigenvalue weighted by Gasteiger charge is -2.09. The summed E-state index contributed by atoms with van der Waals surface area (Å²) in [6, 6.07) is 10.2. The van der Waals surface area contributed by atoms with Gasteiger partial charge in [-0.3, -0.25) is 0 Å². The van der Waals surface area contributed by atoms with Gasteiger partial charge in [-0.15, -0.1) is 0 Å². The fourth-order valence-corrected chi connectivity index (χ4v) is 1.67. The quantitative estimate of drug-likeness (QED) is 0.851. The number of aryl methyl sites for hydroxylation is 1. The smallest absolute Gasteiger partial charge is 0.221 e. The minimum absolute atomic E-state index is 0.504. The molecule has 1 aromatic carbocycles. The lowest BCUT2D eigenvalue weighted by atomic mass is 10.1. The third-order valence-electron chi connectivity index (χ3n) is 2.48. The summed E-state index contributed by atoms with van der Waals surface area (Å²) < 4.78 is 5.57. The van der Waals surface area contributed by atoms with Gasteiger partial charge >= 0.3 is 0 Å². The molecular formula is C13H16N2O. The Bertz CT molecular complexity index is 482. The second kappa shape index (κ2) is 4.94. The van der Waals surface area contributed by atoms with Gasteiger partial charge in [0.05, 0.1) is 0 Å². The Morgan fingerprint density at radius 3 is 2.88 bits per heavy atom. The molecule has 0 amide bonds. The Labute approximate surface area is 95.2 Å². The molecule has 0 atom stereocenters. The SMILES string of the molecule is CCc1cc2ccccc2c(OCCN)n1. The number of aromatic nitrogens is 1. The highest BCUT2D eigenvalue weighted by Crippen LogP contribution is 2.24. The lowest BCUT2D eigenvalue weighted by molar-refractivity contribution is 0.319. The van der Waals surface area contributed by atoms with Crippen LogP contribution in [-0.4, -0.2) is 18.1 Å². The summed E-state index contributed by atoms with van der Waals surface area (Å²) >= 11 is 0. The van der Waals surface area contributed by atoms with Gasteiger partial charge in [-0.2, -0.15) is 0 Å². The van der Waals surface area contributed by atoms with Crippen molar-refractivity contribution in [3.05, 3.63) is 36.0 Å². The zero-order chi connectivity index (χ0) is 11.4. The monoisotopic (exact) mass is 216 g/mol. The number of pyridine rings is 1. The van der Waals surface area contributed by atoms with Crippen LogP contribution in [0.3, 0.4) is 0 Å². The molecule has 0 spiro atoms. The van der Waals surface area contributed by atoms with Crippen LogP contribution in [-0.2, 0) is 6.42 Å². The Balaban J connectivity index is 2.50. The first-order valence-electron chi connectivity index (χ1n) is 5.56. The molecule has 0 radical (unpaired) electrons. The van der Waals surface area contributed by atoms with Crippen LogP contribution >= 0.6 is 0 Å². The van der Waals surface area contributed by atoms with E-state index in [-0.39, 0.29) is 0 Å². The van der Waals surface area contributed by atoms with E-state index in [1.165, 1.54) is 5.39 Å². The van der Waals surface area contributed by atoms with Gasteiger partial charge < -0.3 is 10.5 Å². The van der Waals surface area contributed by atoms with Crippen molar-refractivity contribution < 1.29 is 4.74 Å². The lowest BCUT2D eigenvalue weighted by Crippen LogP contribution is -2.11. The number of nitrogens with two attached hydrogens (primary N) is 1. The number of ether oxygens (including phenoxy) is 1. The molecule has 0 saturated carbocycles. The molecule has 16 heavy (non-hydrogen) atoms. The largest absolute Gasteiger partial charge is 0.476 e. The van der Waals surface area contributed by atoms with Crippen molar-refractivity contribution in [3.63, 3.8) is 0 Å². The van der Waals surface area contributed by atoms with E-state index in [2.05, 4.69) is 24.0 Å². The number of rotatable bonds is 4. The van der Waals surface area contributed by atoms with E-state index >= 15 is 0 Å². The molecule has 0 fully saturated rings. The summed E-state index contributed by atoms with van der Waals surface area (Å²) in [6.07, 6.45) is 0.907. The van der Waals surface area contributed by atoms with Gasteiger partial charge in [-0.1, -0.05) is 25.1 Å². The number of hydrogen-bond donors (Lipinski definition) is 1. The second-order valence-corrected chi connectivity index (χ2v) is 3.63. The van der Waals surface area contributed by atoms with Crippen molar-refractivity contribution in [2.24, 2.45) is 5.73 Å². The average Bonchev–Trinajstić information content (AvgIpc) is 2.35. The standard InChI is InChI=1S/C13H16N2O/c1-2-11-9-10-5-3-4-6-12(10)13(15-11)16-8-7-14/h3-6,9H,2,7-8,14H2,1H3. The van der Waals surface area contributed by atoms with E-state index in [0.717, 1.165) is 17.5 Å². The molecule has 1 aromatic heterocycles. The maximum atomic E-state index is 5.57. The minimum atomic E-state index is 0.504. The van der Waals surface area contributed by atoms with Crippen LogP contribution < -0.4 is 10.5 Å². The Morgan fingerprint density at radius 2 is 2.12 bits per heavy atom.